The summed E-state index contributed by atoms with van der Waals surface area (Å²) < 4.78 is 0. The highest BCUT2D eigenvalue weighted by Gasteiger charge is 2.33. The molecule has 0 saturated carbocycles. The summed E-state index contributed by atoms with van der Waals surface area (Å²) >= 11 is 0. The van der Waals surface area contributed by atoms with Crippen LogP contribution in [0, 0.1) is 11.8 Å². The lowest BCUT2D eigenvalue weighted by molar-refractivity contribution is -0.132. The van der Waals surface area contributed by atoms with Gasteiger partial charge in [-0.2, -0.15) is 0 Å². The zero-order valence-electron chi connectivity index (χ0n) is 8.49. The molecule has 1 N–H and O–H groups in total. The second-order valence-electron chi connectivity index (χ2n) is 4.17. The lowest BCUT2D eigenvalue weighted by Gasteiger charge is -2.25. The van der Waals surface area contributed by atoms with E-state index in [1.807, 2.05) is 6.08 Å². The molecule has 0 bridgehead atoms. The van der Waals surface area contributed by atoms with Gasteiger partial charge in [-0.1, -0.05) is 25.5 Å². The van der Waals surface area contributed by atoms with Crippen molar-refractivity contribution >= 4 is 5.97 Å². The Balaban J connectivity index is 2.25. The van der Waals surface area contributed by atoms with E-state index in [0.29, 0.717) is 17.4 Å². The smallest absolute Gasteiger partial charge is 0.335 e. The van der Waals surface area contributed by atoms with Gasteiger partial charge in [0.1, 0.15) is 0 Å². The van der Waals surface area contributed by atoms with Crippen molar-refractivity contribution in [3.05, 3.63) is 23.3 Å². The Morgan fingerprint density at radius 1 is 1.57 bits per heavy atom. The van der Waals surface area contributed by atoms with Gasteiger partial charge in [0.05, 0.1) is 5.57 Å². The van der Waals surface area contributed by atoms with Crippen LogP contribution in [-0.4, -0.2) is 11.1 Å². The average molecular weight is 192 g/mol. The Morgan fingerprint density at radius 2 is 2.36 bits per heavy atom. The number of allylic oxidation sites excluding steroid dienone is 2. The van der Waals surface area contributed by atoms with E-state index < -0.39 is 5.97 Å². The summed E-state index contributed by atoms with van der Waals surface area (Å²) in [5.74, 6) is 0.460. The first-order chi connectivity index (χ1) is 6.74. The molecule has 14 heavy (non-hydrogen) atoms. The molecule has 0 aliphatic heterocycles. The second-order valence-corrected chi connectivity index (χ2v) is 4.17. The molecule has 2 heteroatoms. The maximum absolute atomic E-state index is 11.0. The van der Waals surface area contributed by atoms with Crippen molar-refractivity contribution < 1.29 is 9.90 Å². The molecule has 0 spiro atoms. The molecule has 2 aliphatic carbocycles. The van der Waals surface area contributed by atoms with Gasteiger partial charge in [-0.05, 0) is 36.7 Å². The Hall–Kier alpha value is -1.05. The third kappa shape index (κ3) is 1.39. The van der Waals surface area contributed by atoms with Crippen LogP contribution < -0.4 is 0 Å². The van der Waals surface area contributed by atoms with E-state index in [1.54, 1.807) is 0 Å². The fraction of sp³-hybridized carbons (Fsp3) is 0.583. The van der Waals surface area contributed by atoms with Gasteiger partial charge in [-0.3, -0.25) is 0 Å². The molecule has 0 fully saturated rings. The molecule has 0 aromatic carbocycles. The van der Waals surface area contributed by atoms with Crippen LogP contribution in [0.3, 0.4) is 0 Å². The average Bonchev–Trinajstić information content (AvgIpc) is 2.59. The third-order valence-electron chi connectivity index (χ3n) is 3.50. The van der Waals surface area contributed by atoms with Gasteiger partial charge in [0.2, 0.25) is 0 Å². The van der Waals surface area contributed by atoms with Crippen LogP contribution in [-0.2, 0) is 4.79 Å². The van der Waals surface area contributed by atoms with Crippen LogP contribution in [0.15, 0.2) is 23.3 Å². The minimum Gasteiger partial charge on any atom is -0.478 e. The summed E-state index contributed by atoms with van der Waals surface area (Å²) in [5, 5.41) is 9.04. The van der Waals surface area contributed by atoms with Crippen LogP contribution in [0.25, 0.3) is 0 Å². The quantitative estimate of drug-likeness (QED) is 0.730. The van der Waals surface area contributed by atoms with Crippen molar-refractivity contribution in [2.45, 2.75) is 32.6 Å². The van der Waals surface area contributed by atoms with E-state index in [2.05, 4.69) is 13.0 Å². The van der Waals surface area contributed by atoms with Gasteiger partial charge in [0.15, 0.2) is 0 Å². The molecule has 2 aliphatic rings. The molecule has 2 rings (SSSR count). The number of carbonyl (C=O) groups is 1. The molecule has 0 radical (unpaired) electrons. The maximum atomic E-state index is 11.0. The predicted molar refractivity (Wildman–Crippen MR) is 54.9 cm³/mol. The highest BCUT2D eigenvalue weighted by molar-refractivity contribution is 5.92. The van der Waals surface area contributed by atoms with Crippen LogP contribution in [0.2, 0.25) is 0 Å². The van der Waals surface area contributed by atoms with Gasteiger partial charge in [0.25, 0.3) is 0 Å². The highest BCUT2D eigenvalue weighted by atomic mass is 16.4. The zero-order chi connectivity index (χ0) is 10.1. The molecular weight excluding hydrogens is 176 g/mol. The SMILES string of the molecule is CCC1CC=C2C(C(=O)O)=CCCC21. The molecule has 2 unspecified atom stereocenters. The van der Waals surface area contributed by atoms with Crippen LogP contribution >= 0.6 is 0 Å². The summed E-state index contributed by atoms with van der Waals surface area (Å²) in [6, 6.07) is 0. The monoisotopic (exact) mass is 192 g/mol. The molecule has 0 amide bonds. The molecule has 0 aromatic heterocycles. The third-order valence-corrected chi connectivity index (χ3v) is 3.50. The highest BCUT2D eigenvalue weighted by Crippen LogP contribution is 2.43. The summed E-state index contributed by atoms with van der Waals surface area (Å²) in [5.41, 5.74) is 1.67. The summed E-state index contributed by atoms with van der Waals surface area (Å²) in [6.07, 6.45) is 8.32. The minimum absolute atomic E-state index is 0.524. The Labute approximate surface area is 84.3 Å². The van der Waals surface area contributed by atoms with Gasteiger partial charge < -0.3 is 5.11 Å². The predicted octanol–water partition coefficient (Wildman–Crippen LogP) is 2.76. The van der Waals surface area contributed by atoms with Crippen LogP contribution in [0.5, 0.6) is 0 Å². The fourth-order valence-electron chi connectivity index (χ4n) is 2.74. The molecule has 2 atom stereocenters. The van der Waals surface area contributed by atoms with Crippen molar-refractivity contribution in [1.82, 2.24) is 0 Å². The molecule has 0 heterocycles. The zero-order valence-corrected chi connectivity index (χ0v) is 8.49. The van der Waals surface area contributed by atoms with Crippen molar-refractivity contribution in [3.8, 4) is 0 Å². The molecule has 76 valence electrons. The summed E-state index contributed by atoms with van der Waals surface area (Å²) in [4.78, 5) is 11.0. The fourth-order valence-corrected chi connectivity index (χ4v) is 2.74. The minimum atomic E-state index is -0.752. The first kappa shape index (κ1) is 9.50. The maximum Gasteiger partial charge on any atom is 0.335 e. The largest absolute Gasteiger partial charge is 0.478 e. The lowest BCUT2D eigenvalue weighted by Crippen LogP contribution is -2.18. The van der Waals surface area contributed by atoms with Gasteiger partial charge >= 0.3 is 5.97 Å². The standard InChI is InChI=1S/C12H16O2/c1-2-8-6-7-10-9(8)4-3-5-11(10)12(13)14/h5,7-9H,2-4,6H2,1H3,(H,13,14). The molecule has 0 saturated heterocycles. The number of aliphatic carboxylic acids is 1. The van der Waals surface area contributed by atoms with Crippen molar-refractivity contribution in [2.75, 3.05) is 0 Å². The first-order valence-electron chi connectivity index (χ1n) is 5.38. The van der Waals surface area contributed by atoms with Gasteiger partial charge in [0, 0.05) is 0 Å². The molecule has 0 aromatic rings. The van der Waals surface area contributed by atoms with E-state index >= 15 is 0 Å². The first-order valence-corrected chi connectivity index (χ1v) is 5.38. The Bertz CT molecular complexity index is 312. The van der Waals surface area contributed by atoms with E-state index in [0.717, 1.165) is 31.3 Å². The number of rotatable bonds is 2. The van der Waals surface area contributed by atoms with Crippen molar-refractivity contribution in [3.63, 3.8) is 0 Å². The van der Waals surface area contributed by atoms with Crippen molar-refractivity contribution in [1.29, 1.82) is 0 Å². The number of fused-ring (bicyclic) bond motifs is 1. The molecular formula is C12H16O2. The van der Waals surface area contributed by atoms with Crippen molar-refractivity contribution in [2.24, 2.45) is 11.8 Å². The number of hydrogen-bond donors (Lipinski definition) is 1. The normalized spacial score (nSPS) is 30.6. The van der Waals surface area contributed by atoms with Gasteiger partial charge in [-0.15, -0.1) is 0 Å². The van der Waals surface area contributed by atoms with Gasteiger partial charge in [-0.25, -0.2) is 4.79 Å². The van der Waals surface area contributed by atoms with Crippen LogP contribution in [0.1, 0.15) is 32.6 Å². The van der Waals surface area contributed by atoms with E-state index in [1.165, 1.54) is 0 Å². The van der Waals surface area contributed by atoms with E-state index in [-0.39, 0.29) is 0 Å². The Kier molecular flexibility index (Phi) is 2.44. The second kappa shape index (κ2) is 3.60. The summed E-state index contributed by atoms with van der Waals surface area (Å²) in [7, 11) is 0. The lowest BCUT2D eigenvalue weighted by atomic mass is 9.79. The topological polar surface area (TPSA) is 37.3 Å². The van der Waals surface area contributed by atoms with Crippen LogP contribution in [0.4, 0.5) is 0 Å². The molecule has 2 nitrogen and oxygen atoms in total. The summed E-state index contributed by atoms with van der Waals surface area (Å²) in [6.45, 7) is 2.19. The number of hydrogen-bond acceptors (Lipinski definition) is 1. The number of carboxylic acid groups (broad SMARTS) is 1. The number of carboxylic acids is 1. The van der Waals surface area contributed by atoms with E-state index in [4.69, 9.17) is 5.11 Å². The Morgan fingerprint density at radius 3 is 3.00 bits per heavy atom. The van der Waals surface area contributed by atoms with E-state index in [9.17, 15) is 4.79 Å².